The van der Waals surface area contributed by atoms with Crippen LogP contribution >= 0.6 is 11.6 Å². The molecule has 0 saturated heterocycles. The molecule has 0 amide bonds. The first-order valence-electron chi connectivity index (χ1n) is 5.24. The quantitative estimate of drug-likeness (QED) is 0.931. The molecule has 2 rings (SSSR count). The molecule has 0 fully saturated rings. The lowest BCUT2D eigenvalue weighted by atomic mass is 10.1. The summed E-state index contributed by atoms with van der Waals surface area (Å²) in [4.78, 5) is 0. The molecular weight excluding hydrogens is 259 g/mol. The first-order chi connectivity index (χ1) is 8.56. The molecule has 1 unspecified atom stereocenters. The van der Waals surface area contributed by atoms with Crippen LogP contribution in [0.1, 0.15) is 17.4 Å². The zero-order valence-corrected chi connectivity index (χ0v) is 10.6. The van der Waals surface area contributed by atoms with Crippen LogP contribution in [0.15, 0.2) is 24.4 Å². The van der Waals surface area contributed by atoms with E-state index in [1.807, 2.05) is 0 Å². The summed E-state index contributed by atoms with van der Waals surface area (Å²) in [5.74, 6) is -0.251. The Morgan fingerprint density at radius 3 is 2.89 bits per heavy atom. The average molecular weight is 271 g/mol. The van der Waals surface area contributed by atoms with Gasteiger partial charge in [0.1, 0.15) is 17.6 Å². The molecule has 1 N–H and O–H groups in total. The summed E-state index contributed by atoms with van der Waals surface area (Å²) in [5.41, 5.74) is 0.461. The van der Waals surface area contributed by atoms with Crippen molar-refractivity contribution in [3.63, 3.8) is 0 Å². The third kappa shape index (κ3) is 2.07. The van der Waals surface area contributed by atoms with Gasteiger partial charge in [0.15, 0.2) is 5.75 Å². The van der Waals surface area contributed by atoms with E-state index in [-0.39, 0.29) is 10.6 Å². The van der Waals surface area contributed by atoms with Crippen LogP contribution in [0.5, 0.6) is 5.75 Å². The number of aryl methyl sites for hydroxylation is 1. The van der Waals surface area contributed by atoms with Crippen molar-refractivity contribution in [1.82, 2.24) is 9.78 Å². The van der Waals surface area contributed by atoms with Gasteiger partial charge < -0.3 is 9.84 Å². The highest BCUT2D eigenvalue weighted by Gasteiger charge is 2.23. The Morgan fingerprint density at radius 2 is 2.22 bits per heavy atom. The summed E-state index contributed by atoms with van der Waals surface area (Å²) in [7, 11) is 3.10. The smallest absolute Gasteiger partial charge is 0.162 e. The molecule has 1 heterocycles. The van der Waals surface area contributed by atoms with Gasteiger partial charge in [-0.2, -0.15) is 5.10 Å². The van der Waals surface area contributed by atoms with Crippen molar-refractivity contribution < 1.29 is 14.2 Å². The van der Waals surface area contributed by atoms with Crippen LogP contribution in [-0.4, -0.2) is 22.0 Å². The van der Waals surface area contributed by atoms with E-state index < -0.39 is 11.9 Å². The van der Waals surface area contributed by atoms with E-state index in [4.69, 9.17) is 16.3 Å². The molecule has 6 heteroatoms. The van der Waals surface area contributed by atoms with E-state index in [1.165, 1.54) is 30.1 Å². The number of aromatic nitrogens is 2. The maximum absolute atomic E-state index is 13.8. The third-order valence-corrected chi connectivity index (χ3v) is 3.00. The van der Waals surface area contributed by atoms with Gasteiger partial charge in [0.2, 0.25) is 0 Å². The predicted molar refractivity (Wildman–Crippen MR) is 65.2 cm³/mol. The van der Waals surface area contributed by atoms with Crippen molar-refractivity contribution in [2.24, 2.45) is 7.05 Å². The fourth-order valence-corrected chi connectivity index (χ4v) is 1.96. The van der Waals surface area contributed by atoms with Gasteiger partial charge in [0, 0.05) is 12.6 Å². The van der Waals surface area contributed by atoms with Crippen molar-refractivity contribution in [3.05, 3.63) is 46.5 Å². The number of nitrogens with zero attached hydrogens (tertiary/aromatic N) is 2. The number of ether oxygens (including phenoxy) is 1. The topological polar surface area (TPSA) is 47.3 Å². The summed E-state index contributed by atoms with van der Waals surface area (Å²) in [6.45, 7) is 0. The second-order valence-corrected chi connectivity index (χ2v) is 4.17. The highest BCUT2D eigenvalue weighted by molar-refractivity contribution is 6.30. The van der Waals surface area contributed by atoms with Crippen molar-refractivity contribution in [2.45, 2.75) is 6.10 Å². The largest absolute Gasteiger partial charge is 0.493 e. The third-order valence-electron chi connectivity index (χ3n) is 2.70. The molecule has 0 spiro atoms. The number of hydrogen-bond donors (Lipinski definition) is 1. The monoisotopic (exact) mass is 270 g/mol. The van der Waals surface area contributed by atoms with Gasteiger partial charge in [-0.25, -0.2) is 4.39 Å². The standard InChI is InChI=1S/C12H12ClFN2O2/c1-16-11(9(18-2)6-15-16)12(17)7-4-3-5-8(13)10(7)14/h3-6,12,17H,1-2H3. The summed E-state index contributed by atoms with van der Waals surface area (Å²) >= 11 is 5.69. The molecule has 0 radical (unpaired) electrons. The molecule has 1 aromatic heterocycles. The minimum atomic E-state index is -1.19. The highest BCUT2D eigenvalue weighted by atomic mass is 35.5. The lowest BCUT2D eigenvalue weighted by molar-refractivity contribution is 0.199. The zero-order valence-electron chi connectivity index (χ0n) is 9.89. The minimum absolute atomic E-state index is 0.0346. The molecule has 96 valence electrons. The normalized spacial score (nSPS) is 12.5. The first kappa shape index (κ1) is 12.9. The second kappa shape index (κ2) is 4.96. The molecule has 0 aliphatic carbocycles. The first-order valence-corrected chi connectivity index (χ1v) is 5.62. The van der Waals surface area contributed by atoms with E-state index in [2.05, 4.69) is 5.10 Å². The van der Waals surface area contributed by atoms with E-state index in [9.17, 15) is 9.50 Å². The van der Waals surface area contributed by atoms with Crippen LogP contribution in [0.2, 0.25) is 5.02 Å². The fraction of sp³-hybridized carbons (Fsp3) is 0.250. The van der Waals surface area contributed by atoms with Crippen molar-refractivity contribution in [1.29, 1.82) is 0 Å². The van der Waals surface area contributed by atoms with Crippen LogP contribution in [0.4, 0.5) is 4.39 Å². The Bertz CT molecular complexity index is 571. The van der Waals surface area contributed by atoms with Crippen LogP contribution in [0.3, 0.4) is 0 Å². The van der Waals surface area contributed by atoms with Gasteiger partial charge in [-0.1, -0.05) is 23.7 Å². The number of halogens is 2. The molecule has 1 atom stereocenters. The number of rotatable bonds is 3. The van der Waals surface area contributed by atoms with E-state index >= 15 is 0 Å². The number of methoxy groups -OCH3 is 1. The van der Waals surface area contributed by atoms with Crippen molar-refractivity contribution in [3.8, 4) is 5.75 Å². The van der Waals surface area contributed by atoms with Gasteiger partial charge in [-0.05, 0) is 6.07 Å². The van der Waals surface area contributed by atoms with E-state index in [1.54, 1.807) is 13.1 Å². The van der Waals surface area contributed by atoms with E-state index in [0.29, 0.717) is 11.4 Å². The maximum atomic E-state index is 13.8. The maximum Gasteiger partial charge on any atom is 0.162 e. The van der Waals surface area contributed by atoms with Gasteiger partial charge in [-0.15, -0.1) is 0 Å². The molecule has 0 bridgehead atoms. The second-order valence-electron chi connectivity index (χ2n) is 3.77. The lowest BCUT2D eigenvalue weighted by Crippen LogP contribution is -2.09. The molecule has 2 aromatic rings. The van der Waals surface area contributed by atoms with Crippen LogP contribution < -0.4 is 4.74 Å². The summed E-state index contributed by atoms with van der Waals surface area (Å²) in [5, 5.41) is 14.2. The number of hydrogen-bond acceptors (Lipinski definition) is 3. The number of aliphatic hydroxyl groups excluding tert-OH is 1. The van der Waals surface area contributed by atoms with Crippen LogP contribution in [0, 0.1) is 5.82 Å². The predicted octanol–water partition coefficient (Wildman–Crippen LogP) is 2.30. The van der Waals surface area contributed by atoms with Crippen molar-refractivity contribution in [2.75, 3.05) is 7.11 Å². The Hall–Kier alpha value is -1.59. The average Bonchev–Trinajstić information content (AvgIpc) is 2.73. The number of benzene rings is 1. The van der Waals surface area contributed by atoms with Crippen LogP contribution in [-0.2, 0) is 7.05 Å². The Balaban J connectivity index is 2.51. The van der Waals surface area contributed by atoms with Crippen LogP contribution in [0.25, 0.3) is 0 Å². The van der Waals surface area contributed by atoms with Gasteiger partial charge >= 0.3 is 0 Å². The zero-order chi connectivity index (χ0) is 13.3. The number of aliphatic hydroxyl groups is 1. The molecule has 4 nitrogen and oxygen atoms in total. The van der Waals surface area contributed by atoms with Crippen molar-refractivity contribution >= 4 is 11.6 Å². The SMILES string of the molecule is COc1cnn(C)c1C(O)c1cccc(Cl)c1F. The molecule has 0 saturated carbocycles. The Labute approximate surface area is 109 Å². The molecule has 0 aliphatic heterocycles. The highest BCUT2D eigenvalue weighted by Crippen LogP contribution is 2.32. The van der Waals surface area contributed by atoms with Gasteiger partial charge in [0.05, 0.1) is 18.3 Å². The summed E-state index contributed by atoms with van der Waals surface area (Å²) < 4.78 is 20.4. The van der Waals surface area contributed by atoms with Gasteiger partial charge in [0.25, 0.3) is 0 Å². The molecule has 0 aliphatic rings. The van der Waals surface area contributed by atoms with Gasteiger partial charge in [-0.3, -0.25) is 4.68 Å². The Morgan fingerprint density at radius 1 is 1.50 bits per heavy atom. The summed E-state index contributed by atoms with van der Waals surface area (Å²) in [6, 6.07) is 4.47. The lowest BCUT2D eigenvalue weighted by Gasteiger charge is -2.14. The minimum Gasteiger partial charge on any atom is -0.493 e. The molecule has 18 heavy (non-hydrogen) atoms. The van der Waals surface area contributed by atoms with E-state index in [0.717, 1.165) is 0 Å². The fourth-order valence-electron chi connectivity index (χ4n) is 1.77. The molecule has 1 aromatic carbocycles. The molecular formula is C12H12ClFN2O2. The Kier molecular flexibility index (Phi) is 3.54. The summed E-state index contributed by atoms with van der Waals surface area (Å²) in [6.07, 6.45) is 0.271.